The van der Waals surface area contributed by atoms with Crippen LogP contribution < -0.4 is 9.62 Å². The number of sulfonamides is 1. The third-order valence-electron chi connectivity index (χ3n) is 4.84. The van der Waals surface area contributed by atoms with Gasteiger partial charge >= 0.3 is 0 Å². The number of carbonyl (C=O) groups is 1. The van der Waals surface area contributed by atoms with E-state index in [1.54, 1.807) is 30.3 Å². The summed E-state index contributed by atoms with van der Waals surface area (Å²) in [5, 5.41) is 3.24. The molecule has 1 amide bonds. The molecule has 0 unspecified atom stereocenters. The van der Waals surface area contributed by atoms with Crippen molar-refractivity contribution in [2.45, 2.75) is 20.3 Å². The number of hydrogen-bond acceptors (Lipinski definition) is 3. The Labute approximate surface area is 183 Å². The summed E-state index contributed by atoms with van der Waals surface area (Å²) in [6.45, 7) is 8.20. The molecule has 0 saturated heterocycles. The Morgan fingerprint density at radius 2 is 1.90 bits per heavy atom. The van der Waals surface area contributed by atoms with Crippen LogP contribution in [-0.4, -0.2) is 27.4 Å². The number of anilines is 1. The number of rotatable bonds is 7. The van der Waals surface area contributed by atoms with Crippen molar-refractivity contribution in [3.63, 3.8) is 0 Å². The van der Waals surface area contributed by atoms with E-state index in [1.165, 1.54) is 10.4 Å². The molecular weight excluding hydrogens is 420 g/mol. The normalized spacial score (nSPS) is 15.1. The highest BCUT2D eigenvalue weighted by Gasteiger charge is 2.40. The van der Waals surface area contributed by atoms with E-state index in [9.17, 15) is 13.2 Å². The summed E-state index contributed by atoms with van der Waals surface area (Å²) in [6.07, 6.45) is 2.25. The fourth-order valence-electron chi connectivity index (χ4n) is 3.41. The summed E-state index contributed by atoms with van der Waals surface area (Å²) in [5.41, 5.74) is 2.06. The van der Waals surface area contributed by atoms with E-state index in [-0.39, 0.29) is 11.4 Å². The van der Waals surface area contributed by atoms with Gasteiger partial charge in [0.05, 0.1) is 12.2 Å². The summed E-state index contributed by atoms with van der Waals surface area (Å²) < 4.78 is 28.4. The van der Waals surface area contributed by atoms with Crippen LogP contribution in [0.3, 0.4) is 0 Å². The first-order valence-corrected chi connectivity index (χ1v) is 11.6. The van der Waals surface area contributed by atoms with Crippen LogP contribution in [0, 0.1) is 5.92 Å². The Morgan fingerprint density at radius 1 is 1.20 bits per heavy atom. The maximum atomic E-state index is 13.6. The number of nitrogens with zero attached hydrogens (tertiary/aromatic N) is 1. The van der Waals surface area contributed by atoms with Gasteiger partial charge in [0.25, 0.3) is 15.9 Å². The van der Waals surface area contributed by atoms with Crippen molar-refractivity contribution in [1.29, 1.82) is 0 Å². The van der Waals surface area contributed by atoms with Crippen LogP contribution in [0.1, 0.15) is 31.4 Å². The first-order chi connectivity index (χ1) is 14.3. The van der Waals surface area contributed by atoms with E-state index in [4.69, 9.17) is 11.6 Å². The minimum Gasteiger partial charge on any atom is -0.351 e. The molecule has 1 N–H and O–H groups in total. The van der Waals surface area contributed by atoms with Crippen molar-refractivity contribution in [3.05, 3.63) is 82.2 Å². The maximum Gasteiger partial charge on any atom is 0.270 e. The van der Waals surface area contributed by atoms with Gasteiger partial charge in [-0.2, -0.15) is 0 Å². The van der Waals surface area contributed by atoms with Crippen molar-refractivity contribution in [3.8, 4) is 0 Å². The van der Waals surface area contributed by atoms with E-state index in [0.717, 1.165) is 6.42 Å². The number of carbonyl (C=O) groups excluding carboxylic acids is 1. The molecule has 0 spiro atoms. The molecule has 1 heterocycles. The molecule has 1 aliphatic rings. The lowest BCUT2D eigenvalue weighted by Gasteiger charge is -2.33. The second kappa shape index (κ2) is 9.06. The van der Waals surface area contributed by atoms with Crippen molar-refractivity contribution in [2.24, 2.45) is 5.92 Å². The number of nitrogens with one attached hydrogen (secondary N) is 1. The van der Waals surface area contributed by atoms with Gasteiger partial charge in [0.1, 0.15) is 0 Å². The van der Waals surface area contributed by atoms with Crippen LogP contribution in [-0.2, 0) is 14.8 Å². The molecule has 2 aromatic carbocycles. The molecular formula is C23H25ClN2O3S. The second-order valence-electron chi connectivity index (χ2n) is 7.49. The standard InChI is InChI=1S/C23H25ClN2O3S/c1-4-14-26-20-11-10-18(24)15-19(20)21(17-8-6-5-7-9-17)22(30(26,28)29)23(27)25-13-12-16(2)3/h4-11,15-16H,1,12-14H2,2-3H3,(H,25,27). The van der Waals surface area contributed by atoms with E-state index in [2.05, 4.69) is 11.9 Å². The van der Waals surface area contributed by atoms with Crippen LogP contribution >= 0.6 is 11.6 Å². The minimum absolute atomic E-state index is 0.0435. The van der Waals surface area contributed by atoms with Crippen molar-refractivity contribution >= 4 is 38.8 Å². The van der Waals surface area contributed by atoms with Gasteiger partial charge in [0.2, 0.25) is 0 Å². The van der Waals surface area contributed by atoms with E-state index in [0.29, 0.717) is 39.9 Å². The smallest absolute Gasteiger partial charge is 0.270 e. The zero-order valence-corrected chi connectivity index (χ0v) is 18.6. The molecule has 30 heavy (non-hydrogen) atoms. The fraction of sp³-hybridized carbons (Fsp3) is 0.261. The largest absolute Gasteiger partial charge is 0.351 e. The first-order valence-electron chi connectivity index (χ1n) is 9.78. The van der Waals surface area contributed by atoms with Crippen molar-refractivity contribution < 1.29 is 13.2 Å². The highest BCUT2D eigenvalue weighted by atomic mass is 35.5. The number of fused-ring (bicyclic) bond motifs is 1. The van der Waals surface area contributed by atoms with Crippen LogP contribution in [0.4, 0.5) is 5.69 Å². The van der Waals surface area contributed by atoms with E-state index in [1.807, 2.05) is 32.0 Å². The molecule has 0 radical (unpaired) electrons. The number of hydrogen-bond donors (Lipinski definition) is 1. The number of halogens is 1. The molecule has 1 aliphatic heterocycles. The molecule has 0 bridgehead atoms. The third-order valence-corrected chi connectivity index (χ3v) is 6.91. The Balaban J connectivity index is 2.28. The van der Waals surface area contributed by atoms with Crippen molar-refractivity contribution in [2.75, 3.05) is 17.4 Å². The van der Waals surface area contributed by atoms with Gasteiger partial charge in [-0.1, -0.05) is 61.9 Å². The maximum absolute atomic E-state index is 13.6. The third kappa shape index (κ3) is 4.30. The van der Waals surface area contributed by atoms with Gasteiger partial charge in [-0.15, -0.1) is 6.58 Å². The van der Waals surface area contributed by atoms with Gasteiger partial charge in [-0.05, 0) is 36.1 Å². The predicted octanol–water partition coefficient (Wildman–Crippen LogP) is 4.60. The monoisotopic (exact) mass is 444 g/mol. The summed E-state index contributed by atoms with van der Waals surface area (Å²) in [5.74, 6) is -0.234. The molecule has 158 valence electrons. The lowest BCUT2D eigenvalue weighted by atomic mass is 9.95. The molecule has 3 rings (SSSR count). The minimum atomic E-state index is -4.11. The van der Waals surface area contributed by atoms with Gasteiger partial charge in [0, 0.05) is 22.7 Å². The molecule has 0 aliphatic carbocycles. The lowest BCUT2D eigenvalue weighted by Crippen LogP contribution is -2.41. The molecule has 0 aromatic heterocycles. The Morgan fingerprint density at radius 3 is 2.53 bits per heavy atom. The average Bonchev–Trinajstić information content (AvgIpc) is 2.70. The van der Waals surface area contributed by atoms with Gasteiger partial charge in [-0.3, -0.25) is 9.10 Å². The van der Waals surface area contributed by atoms with Gasteiger partial charge < -0.3 is 5.32 Å². The molecule has 2 aromatic rings. The topological polar surface area (TPSA) is 66.5 Å². The van der Waals surface area contributed by atoms with Gasteiger partial charge in [0.15, 0.2) is 4.91 Å². The summed E-state index contributed by atoms with van der Waals surface area (Å²) in [6, 6.07) is 14.0. The Hall–Kier alpha value is -2.57. The van der Waals surface area contributed by atoms with E-state index < -0.39 is 15.9 Å². The van der Waals surface area contributed by atoms with Gasteiger partial charge in [-0.25, -0.2) is 8.42 Å². The molecule has 0 saturated carbocycles. The highest BCUT2D eigenvalue weighted by Crippen LogP contribution is 2.43. The van der Waals surface area contributed by atoms with E-state index >= 15 is 0 Å². The Bertz CT molecular complexity index is 1090. The number of benzene rings is 2. The molecule has 0 fully saturated rings. The second-order valence-corrected chi connectivity index (χ2v) is 9.73. The quantitative estimate of drug-likeness (QED) is 0.635. The predicted molar refractivity (Wildman–Crippen MR) is 123 cm³/mol. The fourth-order valence-corrected chi connectivity index (χ4v) is 5.31. The van der Waals surface area contributed by atoms with Crippen molar-refractivity contribution in [1.82, 2.24) is 5.32 Å². The van der Waals surface area contributed by atoms with Crippen LogP contribution in [0.15, 0.2) is 66.1 Å². The van der Waals surface area contributed by atoms with Crippen LogP contribution in [0.25, 0.3) is 5.57 Å². The highest BCUT2D eigenvalue weighted by molar-refractivity contribution is 7.97. The lowest BCUT2D eigenvalue weighted by molar-refractivity contribution is -0.116. The summed E-state index contributed by atoms with van der Waals surface area (Å²) >= 11 is 6.26. The molecule has 7 heteroatoms. The zero-order valence-electron chi connectivity index (χ0n) is 17.1. The zero-order chi connectivity index (χ0) is 21.9. The van der Waals surface area contributed by atoms with Crippen LogP contribution in [0.5, 0.6) is 0 Å². The average molecular weight is 445 g/mol. The van der Waals surface area contributed by atoms with Crippen LogP contribution in [0.2, 0.25) is 5.02 Å². The number of amides is 1. The molecule has 5 nitrogen and oxygen atoms in total. The Kier molecular flexibility index (Phi) is 6.68. The summed E-state index contributed by atoms with van der Waals surface area (Å²) in [7, 11) is -4.11. The molecule has 0 atom stereocenters. The first kappa shape index (κ1) is 22.1. The SMILES string of the molecule is C=CCN1c2ccc(Cl)cc2C(c2ccccc2)=C(C(=O)NCCC(C)C)S1(=O)=O. The summed E-state index contributed by atoms with van der Waals surface area (Å²) in [4.78, 5) is 12.9.